The Kier molecular flexibility index (Phi) is 13.5. The Morgan fingerprint density at radius 3 is 2.20 bits per heavy atom. The van der Waals surface area contributed by atoms with E-state index in [0.29, 0.717) is 51.7 Å². The molecule has 0 radical (unpaired) electrons. The molecule has 4 aliphatic rings. The van der Waals surface area contributed by atoms with Crippen LogP contribution in [0.15, 0.2) is 0 Å². The number of carbonyl (C=O) groups excluding carboxylic acids is 6. The highest BCUT2D eigenvalue weighted by Crippen LogP contribution is 2.40. The molecule has 0 spiro atoms. The maximum absolute atomic E-state index is 14.5. The van der Waals surface area contributed by atoms with Gasteiger partial charge in [0.25, 0.3) is 5.91 Å². The topological polar surface area (TPSA) is 157 Å². The number of likely N-dealkylation sites (tertiary alicyclic amines) is 2. The van der Waals surface area contributed by atoms with Gasteiger partial charge in [-0.15, -0.1) is 0 Å². The van der Waals surface area contributed by atoms with E-state index in [2.05, 4.69) is 21.3 Å². The Morgan fingerprint density at radius 2 is 1.59 bits per heavy atom. The Bertz CT molecular complexity index is 1210. The number of piperidine rings is 1. The van der Waals surface area contributed by atoms with Gasteiger partial charge in [0.1, 0.15) is 12.1 Å². The lowest BCUT2D eigenvalue weighted by atomic mass is 9.70. The number of Topliss-reactive ketones (excluding diaryl/α,β-unsaturated/α-hetero) is 1. The third-order valence-corrected chi connectivity index (χ3v) is 11.4. The molecule has 12 heteroatoms. The second-order valence-corrected chi connectivity index (χ2v) is 16.3. The molecule has 0 aromatic carbocycles. The van der Waals surface area contributed by atoms with Crippen LogP contribution in [-0.4, -0.2) is 95.1 Å². The summed E-state index contributed by atoms with van der Waals surface area (Å²) < 4.78 is 0. The zero-order chi connectivity index (χ0) is 35.8. The van der Waals surface area contributed by atoms with Crippen molar-refractivity contribution in [2.24, 2.45) is 10.8 Å². The molecule has 2 heterocycles. The summed E-state index contributed by atoms with van der Waals surface area (Å²) in [5, 5.41) is 11.8. The molecule has 12 nitrogen and oxygen atoms in total. The molecule has 4 N–H and O–H groups in total. The minimum atomic E-state index is -0.957. The average molecular weight is 687 g/mol. The van der Waals surface area contributed by atoms with E-state index in [1.807, 2.05) is 39.5 Å². The second-order valence-electron chi connectivity index (χ2n) is 16.3. The number of unbranched alkanes of at least 4 members (excludes halogenated alkanes) is 1. The van der Waals surface area contributed by atoms with Gasteiger partial charge in [0, 0.05) is 32.1 Å². The average Bonchev–Trinajstić information content (AvgIpc) is 3.54. The Balaban J connectivity index is 1.49. The van der Waals surface area contributed by atoms with Crippen LogP contribution >= 0.6 is 0 Å². The largest absolute Gasteiger partial charge is 0.347 e. The fourth-order valence-corrected chi connectivity index (χ4v) is 7.71. The van der Waals surface area contributed by atoms with Crippen molar-refractivity contribution in [3.8, 4) is 0 Å². The number of nitrogens with one attached hydrogen (secondary N) is 4. The zero-order valence-electron chi connectivity index (χ0n) is 30.7. The molecule has 49 heavy (non-hydrogen) atoms. The van der Waals surface area contributed by atoms with Crippen LogP contribution in [0.4, 0.5) is 4.79 Å². The minimum Gasteiger partial charge on any atom is -0.347 e. The third-order valence-electron chi connectivity index (χ3n) is 11.4. The summed E-state index contributed by atoms with van der Waals surface area (Å²) in [6, 6.07) is -3.40. The number of nitrogens with zero attached hydrogens (tertiary/aromatic N) is 2. The predicted molar refractivity (Wildman–Crippen MR) is 187 cm³/mol. The Morgan fingerprint density at radius 1 is 0.878 bits per heavy atom. The molecule has 0 aromatic heterocycles. The molecule has 0 bridgehead atoms. The number of hydrogen-bond acceptors (Lipinski definition) is 6. The predicted octanol–water partition coefficient (Wildman–Crippen LogP) is 3.96. The molecule has 2 saturated carbocycles. The minimum absolute atomic E-state index is 0.00986. The van der Waals surface area contributed by atoms with Gasteiger partial charge >= 0.3 is 6.03 Å². The molecule has 0 aromatic rings. The smallest absolute Gasteiger partial charge is 0.315 e. The molecule has 1 unspecified atom stereocenters. The Labute approximate surface area is 293 Å². The maximum atomic E-state index is 14.5. The number of ketones is 1. The molecular weight excluding hydrogens is 624 g/mol. The molecule has 2 aliphatic heterocycles. The molecule has 4 rings (SSSR count). The van der Waals surface area contributed by atoms with Crippen molar-refractivity contribution in [3.05, 3.63) is 0 Å². The number of urea groups is 1. The van der Waals surface area contributed by atoms with Crippen molar-refractivity contribution in [3.63, 3.8) is 0 Å². The summed E-state index contributed by atoms with van der Waals surface area (Å²) in [5.41, 5.74) is -0.850. The van der Waals surface area contributed by atoms with Crippen LogP contribution in [0.25, 0.3) is 0 Å². The summed E-state index contributed by atoms with van der Waals surface area (Å²) >= 11 is 0. The van der Waals surface area contributed by atoms with E-state index in [-0.39, 0.29) is 29.3 Å². The maximum Gasteiger partial charge on any atom is 0.315 e. The monoisotopic (exact) mass is 686 g/mol. The standard InChI is InChI=1S/C37H62N6O6/c1-6-7-17-26(30(45)33(47)38-25-15-13-16-25)39-32(46)27-18-14-23-43(27)34(48)31(37(5)20-10-8-11-21-37)41-35(49)40-28(36(2,3)4)24-42-22-12-9-19-29(42)44/h25-28,31H,6-24H2,1-5H3,(H,38,47)(H,39,46)(H2,40,41,49)/t26?,27-,28+,31+/m0/s1. The summed E-state index contributed by atoms with van der Waals surface area (Å²) in [5.74, 6) is -1.94. The Hall–Kier alpha value is -3.18. The fourth-order valence-electron chi connectivity index (χ4n) is 7.71. The van der Waals surface area contributed by atoms with Crippen molar-refractivity contribution in [2.75, 3.05) is 19.6 Å². The van der Waals surface area contributed by atoms with Crippen molar-refractivity contribution in [1.82, 2.24) is 31.1 Å². The van der Waals surface area contributed by atoms with Crippen LogP contribution in [0.5, 0.6) is 0 Å². The first-order valence-electron chi connectivity index (χ1n) is 19.0. The summed E-state index contributed by atoms with van der Waals surface area (Å²) in [6.45, 7) is 11.6. The number of amides is 6. The van der Waals surface area contributed by atoms with Crippen LogP contribution in [0.3, 0.4) is 0 Å². The van der Waals surface area contributed by atoms with Gasteiger partial charge in [0.05, 0.1) is 12.1 Å². The van der Waals surface area contributed by atoms with Gasteiger partial charge in [0.15, 0.2) is 0 Å². The van der Waals surface area contributed by atoms with E-state index in [0.717, 1.165) is 70.6 Å². The van der Waals surface area contributed by atoms with E-state index in [4.69, 9.17) is 0 Å². The lowest BCUT2D eigenvalue weighted by Gasteiger charge is -2.43. The number of hydrogen-bond donors (Lipinski definition) is 4. The summed E-state index contributed by atoms with van der Waals surface area (Å²) in [6.07, 6.45) is 12.4. The van der Waals surface area contributed by atoms with Gasteiger partial charge in [0.2, 0.25) is 23.5 Å². The van der Waals surface area contributed by atoms with E-state index < -0.39 is 47.2 Å². The highest BCUT2D eigenvalue weighted by molar-refractivity contribution is 6.38. The van der Waals surface area contributed by atoms with Crippen molar-refractivity contribution < 1.29 is 28.8 Å². The van der Waals surface area contributed by atoms with Crippen LogP contribution in [0.1, 0.15) is 137 Å². The van der Waals surface area contributed by atoms with E-state index >= 15 is 0 Å². The first-order chi connectivity index (χ1) is 23.2. The van der Waals surface area contributed by atoms with Gasteiger partial charge in [-0.1, -0.05) is 66.7 Å². The molecule has 4 fully saturated rings. The number of carbonyl (C=O) groups is 6. The molecule has 6 amide bonds. The molecule has 4 atom stereocenters. The van der Waals surface area contributed by atoms with Crippen molar-refractivity contribution in [1.29, 1.82) is 0 Å². The van der Waals surface area contributed by atoms with Gasteiger partial charge in [-0.25, -0.2) is 4.79 Å². The third kappa shape index (κ3) is 10.2. The molecular formula is C37H62N6O6. The fraction of sp³-hybridized carbons (Fsp3) is 0.838. The summed E-state index contributed by atoms with van der Waals surface area (Å²) in [4.78, 5) is 84.1. The molecule has 276 valence electrons. The van der Waals surface area contributed by atoms with Gasteiger partial charge in [-0.3, -0.25) is 24.0 Å². The zero-order valence-corrected chi connectivity index (χ0v) is 30.7. The van der Waals surface area contributed by atoms with Crippen molar-refractivity contribution >= 4 is 35.4 Å². The van der Waals surface area contributed by atoms with Crippen LogP contribution in [-0.2, 0) is 24.0 Å². The molecule has 2 aliphatic carbocycles. The quantitative estimate of drug-likeness (QED) is 0.203. The SMILES string of the molecule is CCCCC(NC(=O)[C@@H]1CCCN1C(=O)[C@@H](NC(=O)N[C@H](CN1CCCCC1=O)C(C)(C)C)C1(C)CCCCC1)C(=O)C(=O)NC1CCC1. The highest BCUT2D eigenvalue weighted by atomic mass is 16.2. The van der Waals surface area contributed by atoms with Gasteiger partial charge in [-0.05, 0) is 75.0 Å². The van der Waals surface area contributed by atoms with Gasteiger partial charge in [-0.2, -0.15) is 0 Å². The van der Waals surface area contributed by atoms with Crippen molar-refractivity contribution in [2.45, 2.75) is 168 Å². The van der Waals surface area contributed by atoms with Crippen LogP contribution in [0.2, 0.25) is 0 Å². The summed E-state index contributed by atoms with van der Waals surface area (Å²) in [7, 11) is 0. The van der Waals surface area contributed by atoms with Gasteiger partial charge < -0.3 is 31.1 Å². The lowest BCUT2D eigenvalue weighted by Crippen LogP contribution is -2.63. The second kappa shape index (κ2) is 17.2. The molecule has 2 saturated heterocycles. The van der Waals surface area contributed by atoms with E-state index in [1.54, 1.807) is 4.90 Å². The van der Waals surface area contributed by atoms with E-state index in [1.165, 1.54) is 0 Å². The first-order valence-corrected chi connectivity index (χ1v) is 19.0. The highest BCUT2D eigenvalue weighted by Gasteiger charge is 2.47. The van der Waals surface area contributed by atoms with Crippen LogP contribution < -0.4 is 21.3 Å². The first kappa shape index (κ1) is 38.6. The number of rotatable bonds is 14. The van der Waals surface area contributed by atoms with E-state index in [9.17, 15) is 28.8 Å². The normalized spacial score (nSPS) is 23.1. The lowest BCUT2D eigenvalue weighted by molar-refractivity contribution is -0.144. The van der Waals surface area contributed by atoms with Crippen LogP contribution in [0, 0.1) is 10.8 Å².